The van der Waals surface area contributed by atoms with E-state index in [0.29, 0.717) is 18.8 Å². The van der Waals surface area contributed by atoms with Crippen LogP contribution in [0.4, 0.5) is 13.2 Å². The third-order valence-electron chi connectivity index (χ3n) is 6.74. The molecule has 0 unspecified atom stereocenters. The second-order valence-electron chi connectivity index (χ2n) is 8.90. The van der Waals surface area contributed by atoms with Gasteiger partial charge in [-0.2, -0.15) is 13.2 Å². The number of carboxylic acids is 1. The summed E-state index contributed by atoms with van der Waals surface area (Å²) in [6.45, 7) is 1.71. The van der Waals surface area contributed by atoms with E-state index in [-0.39, 0.29) is 47.9 Å². The molecule has 0 bridgehead atoms. The summed E-state index contributed by atoms with van der Waals surface area (Å²) in [4.78, 5) is 25.3. The molecule has 0 spiro atoms. The predicted molar refractivity (Wildman–Crippen MR) is 121 cm³/mol. The van der Waals surface area contributed by atoms with Gasteiger partial charge in [-0.25, -0.2) is 0 Å². The van der Waals surface area contributed by atoms with Gasteiger partial charge in [0.25, 0.3) is 0 Å². The number of aliphatic hydroxyl groups is 1. The second-order valence-corrected chi connectivity index (χ2v) is 8.90. The molecule has 1 saturated carbocycles. The number of carbonyl (C=O) groups is 2. The lowest BCUT2D eigenvalue weighted by molar-refractivity contribution is -0.151. The van der Waals surface area contributed by atoms with E-state index in [1.54, 1.807) is 0 Å². The molecular weight excluding hydrogens is 449 g/mol. The van der Waals surface area contributed by atoms with Crippen molar-refractivity contribution in [3.63, 3.8) is 0 Å². The maximum Gasteiger partial charge on any atom is 0.416 e. The summed E-state index contributed by atoms with van der Waals surface area (Å²) in [6, 6.07) is 9.08. The first kappa shape index (κ1) is 25.7. The number of hydrogen-bond acceptors (Lipinski definition) is 4. The van der Waals surface area contributed by atoms with E-state index >= 15 is 0 Å². The lowest BCUT2D eigenvalue weighted by atomic mass is 9.67. The van der Waals surface area contributed by atoms with Gasteiger partial charge in [0.05, 0.1) is 17.6 Å². The molecule has 2 aromatic rings. The van der Waals surface area contributed by atoms with Gasteiger partial charge in [-0.3, -0.25) is 9.59 Å². The quantitative estimate of drug-likeness (QED) is 0.433. The molecule has 0 saturated heterocycles. The number of hydrogen-bond donors (Lipinski definition) is 2. The first-order chi connectivity index (χ1) is 16.1. The first-order valence-corrected chi connectivity index (χ1v) is 11.4. The van der Waals surface area contributed by atoms with Gasteiger partial charge < -0.3 is 14.9 Å². The fraction of sp³-hybridized carbons (Fsp3) is 0.462. The van der Waals surface area contributed by atoms with Crippen LogP contribution in [-0.4, -0.2) is 35.2 Å². The zero-order chi connectivity index (χ0) is 24.9. The lowest BCUT2D eigenvalue weighted by Gasteiger charge is -2.36. The van der Waals surface area contributed by atoms with Crippen molar-refractivity contribution in [2.45, 2.75) is 51.6 Å². The molecule has 34 heavy (non-hydrogen) atoms. The van der Waals surface area contributed by atoms with E-state index in [0.717, 1.165) is 31.4 Å². The molecule has 1 aliphatic carbocycles. The molecule has 0 radical (unpaired) electrons. The van der Waals surface area contributed by atoms with Crippen LogP contribution >= 0.6 is 0 Å². The molecule has 184 valence electrons. The third-order valence-corrected chi connectivity index (χ3v) is 6.74. The van der Waals surface area contributed by atoms with Crippen LogP contribution in [0, 0.1) is 11.3 Å². The zero-order valence-corrected chi connectivity index (χ0v) is 19.0. The lowest BCUT2D eigenvalue weighted by Crippen LogP contribution is -2.37. The number of aliphatic carboxylic acids is 1. The number of ketones is 1. The highest BCUT2D eigenvalue weighted by Gasteiger charge is 2.43. The van der Waals surface area contributed by atoms with Crippen LogP contribution in [0.3, 0.4) is 0 Å². The average molecular weight is 479 g/mol. The number of halogens is 3. The molecule has 1 aliphatic rings. The van der Waals surface area contributed by atoms with Crippen LogP contribution in [0.5, 0.6) is 5.75 Å². The molecule has 5 nitrogen and oxygen atoms in total. The Morgan fingerprint density at radius 3 is 2.41 bits per heavy atom. The molecule has 0 atom stereocenters. The molecule has 1 fully saturated rings. The van der Waals surface area contributed by atoms with Gasteiger partial charge in [-0.15, -0.1) is 0 Å². The summed E-state index contributed by atoms with van der Waals surface area (Å²) in [7, 11) is 0. The molecule has 0 amide bonds. The van der Waals surface area contributed by atoms with E-state index in [1.807, 2.05) is 0 Å². The maximum absolute atomic E-state index is 13.3. The fourth-order valence-electron chi connectivity index (χ4n) is 4.59. The average Bonchev–Trinajstić information content (AvgIpc) is 2.82. The van der Waals surface area contributed by atoms with E-state index in [1.165, 1.54) is 30.3 Å². The van der Waals surface area contributed by atoms with Crippen molar-refractivity contribution in [3.8, 4) is 16.9 Å². The zero-order valence-electron chi connectivity index (χ0n) is 19.0. The Hall–Kier alpha value is -2.87. The Morgan fingerprint density at radius 2 is 1.82 bits per heavy atom. The highest BCUT2D eigenvalue weighted by molar-refractivity contribution is 6.00. The van der Waals surface area contributed by atoms with Crippen LogP contribution in [0.2, 0.25) is 0 Å². The molecule has 2 N–H and O–H groups in total. The number of aliphatic hydroxyl groups excluding tert-OH is 1. The number of carbonyl (C=O) groups excluding carboxylic acids is 1. The Morgan fingerprint density at radius 1 is 1.12 bits per heavy atom. The number of carboxylic acid groups (broad SMARTS) is 1. The molecule has 0 aromatic heterocycles. The Labute approximate surface area is 196 Å². The normalized spacial score (nSPS) is 20.7. The van der Waals surface area contributed by atoms with Gasteiger partial charge in [0.15, 0.2) is 5.78 Å². The van der Waals surface area contributed by atoms with E-state index in [9.17, 15) is 27.9 Å². The Balaban J connectivity index is 1.95. The summed E-state index contributed by atoms with van der Waals surface area (Å²) in [5.41, 5.74) is -1.29. The van der Waals surface area contributed by atoms with Gasteiger partial charge in [0, 0.05) is 17.5 Å². The number of Topliss-reactive ketones (excluding diaryl/α,β-unsaturated/α-hetero) is 1. The van der Waals surface area contributed by atoms with Crippen LogP contribution in [0.1, 0.15) is 61.4 Å². The minimum Gasteiger partial charge on any atom is -0.491 e. The van der Waals surface area contributed by atoms with Crippen molar-refractivity contribution in [3.05, 3.63) is 53.6 Å². The van der Waals surface area contributed by atoms with Crippen molar-refractivity contribution in [2.24, 2.45) is 11.3 Å². The summed E-state index contributed by atoms with van der Waals surface area (Å²) in [6.07, 6.45) is -1.40. The smallest absolute Gasteiger partial charge is 0.416 e. The molecule has 2 aromatic carbocycles. The number of benzene rings is 2. The molecule has 0 heterocycles. The molecule has 0 aliphatic heterocycles. The third kappa shape index (κ3) is 5.78. The highest BCUT2D eigenvalue weighted by Crippen LogP contribution is 2.44. The maximum atomic E-state index is 13.3. The van der Waals surface area contributed by atoms with Crippen molar-refractivity contribution in [1.29, 1.82) is 0 Å². The van der Waals surface area contributed by atoms with Crippen molar-refractivity contribution >= 4 is 11.8 Å². The Kier molecular flexibility index (Phi) is 8.02. The summed E-state index contributed by atoms with van der Waals surface area (Å²) < 4.78 is 45.3. The SMILES string of the molecule is CCC1CCC(CC(=O)c2ccc(OCCO)c(-c3cccc(C(F)(F)F)c3)c2)(C(=O)O)CC1. The van der Waals surface area contributed by atoms with Gasteiger partial charge in [0.2, 0.25) is 0 Å². The van der Waals surface area contributed by atoms with Gasteiger partial charge in [0.1, 0.15) is 12.4 Å². The first-order valence-electron chi connectivity index (χ1n) is 11.4. The topological polar surface area (TPSA) is 83.8 Å². The minimum absolute atomic E-state index is 0.0695. The van der Waals surface area contributed by atoms with Crippen LogP contribution in [-0.2, 0) is 11.0 Å². The molecule has 3 rings (SSSR count). The summed E-state index contributed by atoms with van der Waals surface area (Å²) >= 11 is 0. The summed E-state index contributed by atoms with van der Waals surface area (Å²) in [5.74, 6) is -0.685. The standard InChI is InChI=1S/C26H29F3O5/c1-2-17-8-10-25(11-9-17,24(32)33)16-22(31)19-6-7-23(34-13-12-30)21(15-19)18-4-3-5-20(14-18)26(27,28)29/h3-7,14-15,17,30H,2,8-13,16H2,1H3,(H,32,33). The Bertz CT molecular complexity index is 1020. The summed E-state index contributed by atoms with van der Waals surface area (Å²) in [5, 5.41) is 19.0. The molecular formula is C26H29F3O5. The minimum atomic E-state index is -4.54. The molecule has 8 heteroatoms. The highest BCUT2D eigenvalue weighted by atomic mass is 19.4. The van der Waals surface area contributed by atoms with Gasteiger partial charge in [-0.1, -0.05) is 25.5 Å². The number of alkyl halides is 3. The van der Waals surface area contributed by atoms with E-state index in [2.05, 4.69) is 6.92 Å². The van der Waals surface area contributed by atoms with E-state index < -0.39 is 23.1 Å². The van der Waals surface area contributed by atoms with E-state index in [4.69, 9.17) is 9.84 Å². The number of ether oxygens (including phenoxy) is 1. The van der Waals surface area contributed by atoms with Crippen molar-refractivity contribution < 1.29 is 37.7 Å². The van der Waals surface area contributed by atoms with Crippen LogP contribution in [0.15, 0.2) is 42.5 Å². The van der Waals surface area contributed by atoms with Crippen molar-refractivity contribution in [2.75, 3.05) is 13.2 Å². The van der Waals surface area contributed by atoms with Crippen LogP contribution < -0.4 is 4.74 Å². The second kappa shape index (κ2) is 10.6. The monoisotopic (exact) mass is 478 g/mol. The van der Waals surface area contributed by atoms with Crippen molar-refractivity contribution in [1.82, 2.24) is 0 Å². The predicted octanol–water partition coefficient (Wildman–Crippen LogP) is 5.99. The van der Waals surface area contributed by atoms with Gasteiger partial charge >= 0.3 is 12.1 Å². The van der Waals surface area contributed by atoms with Gasteiger partial charge in [-0.05, 0) is 67.5 Å². The fourth-order valence-corrected chi connectivity index (χ4v) is 4.59. The number of rotatable bonds is 9. The van der Waals surface area contributed by atoms with Crippen LogP contribution in [0.25, 0.3) is 11.1 Å². The largest absolute Gasteiger partial charge is 0.491 e.